The van der Waals surface area contributed by atoms with Gasteiger partial charge >= 0.3 is 15.6 Å². The summed E-state index contributed by atoms with van der Waals surface area (Å²) >= 11 is 0. The Morgan fingerprint density at radius 1 is 1.20 bits per heavy atom. The zero-order valence-corrected chi connectivity index (χ0v) is 12.1. The molecule has 1 aromatic rings. The molecule has 0 saturated carbocycles. The van der Waals surface area contributed by atoms with Crippen LogP contribution in [0.15, 0.2) is 18.2 Å². The monoisotopic (exact) mass is 310 g/mol. The minimum atomic E-state index is -5.61. The van der Waals surface area contributed by atoms with E-state index < -0.39 is 15.6 Å². The number of aryl methyl sites for hydroxylation is 2. The molecule has 0 radical (unpaired) electrons. The molecule has 0 spiro atoms. The minimum absolute atomic E-state index is 0.290. The van der Waals surface area contributed by atoms with E-state index in [0.717, 1.165) is 31.2 Å². The second-order valence-electron chi connectivity index (χ2n) is 4.54. The SMILES string of the molecule is CCCCCc1ccc(OS(=O)(=O)C(F)(F)F)c(C)c1. The summed E-state index contributed by atoms with van der Waals surface area (Å²) in [5.41, 5.74) is -4.10. The first-order valence-corrected chi connectivity index (χ1v) is 7.68. The first-order valence-electron chi connectivity index (χ1n) is 6.27. The minimum Gasteiger partial charge on any atom is -0.376 e. The molecule has 1 rings (SSSR count). The molecule has 0 aliphatic rings. The highest BCUT2D eigenvalue weighted by Crippen LogP contribution is 2.29. The Hall–Kier alpha value is -1.24. The Bertz CT molecular complexity index is 550. The molecule has 0 aromatic heterocycles. The summed E-state index contributed by atoms with van der Waals surface area (Å²) < 4.78 is 62.6. The van der Waals surface area contributed by atoms with Crippen molar-refractivity contribution in [2.24, 2.45) is 0 Å². The van der Waals surface area contributed by atoms with Crippen LogP contribution in [0.1, 0.15) is 37.3 Å². The van der Waals surface area contributed by atoms with Crippen molar-refractivity contribution in [2.45, 2.75) is 45.0 Å². The van der Waals surface area contributed by atoms with Gasteiger partial charge in [0, 0.05) is 0 Å². The third-order valence-electron chi connectivity index (χ3n) is 2.79. The first kappa shape index (κ1) is 16.8. The second-order valence-corrected chi connectivity index (χ2v) is 6.08. The van der Waals surface area contributed by atoms with E-state index in [1.54, 1.807) is 12.1 Å². The Kier molecular flexibility index (Phi) is 5.44. The van der Waals surface area contributed by atoms with Crippen molar-refractivity contribution >= 4 is 10.1 Å². The lowest BCUT2D eigenvalue weighted by Gasteiger charge is -2.12. The Morgan fingerprint density at radius 2 is 1.85 bits per heavy atom. The average Bonchev–Trinajstić information content (AvgIpc) is 2.31. The molecule has 0 heterocycles. The topological polar surface area (TPSA) is 43.4 Å². The number of hydrogen-bond donors (Lipinski definition) is 0. The highest BCUT2D eigenvalue weighted by atomic mass is 32.2. The highest BCUT2D eigenvalue weighted by Gasteiger charge is 2.48. The van der Waals surface area contributed by atoms with E-state index in [-0.39, 0.29) is 5.75 Å². The highest BCUT2D eigenvalue weighted by molar-refractivity contribution is 7.88. The van der Waals surface area contributed by atoms with Crippen LogP contribution in [0.2, 0.25) is 0 Å². The molecule has 0 aliphatic carbocycles. The zero-order chi connectivity index (χ0) is 15.4. The van der Waals surface area contributed by atoms with Crippen LogP contribution in [0.3, 0.4) is 0 Å². The second kappa shape index (κ2) is 6.47. The summed E-state index contributed by atoms with van der Waals surface area (Å²) in [4.78, 5) is 0. The third kappa shape index (κ3) is 4.40. The van der Waals surface area contributed by atoms with E-state index in [9.17, 15) is 21.6 Å². The fraction of sp³-hybridized carbons (Fsp3) is 0.538. The van der Waals surface area contributed by atoms with Crippen LogP contribution < -0.4 is 4.18 Å². The van der Waals surface area contributed by atoms with Crippen molar-refractivity contribution < 1.29 is 25.8 Å². The van der Waals surface area contributed by atoms with Crippen molar-refractivity contribution in [3.05, 3.63) is 29.3 Å². The van der Waals surface area contributed by atoms with E-state index in [1.165, 1.54) is 13.0 Å². The summed E-state index contributed by atoms with van der Waals surface area (Å²) in [5.74, 6) is -0.290. The van der Waals surface area contributed by atoms with Crippen LogP contribution in [0.4, 0.5) is 13.2 Å². The predicted octanol–water partition coefficient (Wildman–Crippen LogP) is 3.96. The van der Waals surface area contributed by atoms with Gasteiger partial charge in [-0.15, -0.1) is 0 Å². The molecule has 0 unspecified atom stereocenters. The molecule has 1 aromatic carbocycles. The molecular formula is C13H17F3O3S. The fourth-order valence-electron chi connectivity index (χ4n) is 1.71. The van der Waals surface area contributed by atoms with Gasteiger partial charge in [-0.3, -0.25) is 0 Å². The van der Waals surface area contributed by atoms with E-state index >= 15 is 0 Å². The lowest BCUT2D eigenvalue weighted by atomic mass is 10.0. The Balaban J connectivity index is 2.84. The summed E-state index contributed by atoms with van der Waals surface area (Å²) in [6, 6.07) is 4.50. The van der Waals surface area contributed by atoms with Crippen LogP contribution in [0.5, 0.6) is 5.75 Å². The van der Waals surface area contributed by atoms with Gasteiger partial charge in [0.2, 0.25) is 0 Å². The van der Waals surface area contributed by atoms with Gasteiger partial charge in [0.05, 0.1) is 0 Å². The normalized spacial score (nSPS) is 12.4. The summed E-state index contributed by atoms with van der Waals surface area (Å²) in [7, 11) is -5.61. The molecule has 0 aliphatic heterocycles. The number of unbranched alkanes of at least 4 members (excludes halogenated alkanes) is 2. The van der Waals surface area contributed by atoms with E-state index in [1.807, 2.05) is 0 Å². The third-order valence-corrected chi connectivity index (χ3v) is 3.76. The zero-order valence-electron chi connectivity index (χ0n) is 11.3. The quantitative estimate of drug-likeness (QED) is 0.454. The Labute approximate surface area is 116 Å². The van der Waals surface area contributed by atoms with Crippen molar-refractivity contribution in [2.75, 3.05) is 0 Å². The number of halogens is 3. The van der Waals surface area contributed by atoms with Crippen LogP contribution in [0.25, 0.3) is 0 Å². The van der Waals surface area contributed by atoms with Crippen molar-refractivity contribution in [3.63, 3.8) is 0 Å². The van der Waals surface area contributed by atoms with Gasteiger partial charge in [0.15, 0.2) is 0 Å². The van der Waals surface area contributed by atoms with Crippen molar-refractivity contribution in [3.8, 4) is 5.75 Å². The van der Waals surface area contributed by atoms with Crippen molar-refractivity contribution in [1.82, 2.24) is 0 Å². The van der Waals surface area contributed by atoms with E-state index in [0.29, 0.717) is 5.56 Å². The molecule has 7 heteroatoms. The first-order chi connectivity index (χ1) is 9.17. The molecule has 3 nitrogen and oxygen atoms in total. The number of rotatable bonds is 6. The van der Waals surface area contributed by atoms with Gasteiger partial charge in [0.1, 0.15) is 5.75 Å². The molecule has 0 amide bonds. The van der Waals surface area contributed by atoms with E-state index in [4.69, 9.17) is 0 Å². The maximum Gasteiger partial charge on any atom is 0.534 e. The number of benzene rings is 1. The summed E-state index contributed by atoms with van der Waals surface area (Å²) in [5, 5.41) is 0. The van der Waals surface area contributed by atoms with Crippen LogP contribution in [-0.2, 0) is 16.5 Å². The lowest BCUT2D eigenvalue weighted by Crippen LogP contribution is -2.28. The van der Waals surface area contributed by atoms with Gasteiger partial charge in [-0.1, -0.05) is 31.9 Å². The van der Waals surface area contributed by atoms with Gasteiger partial charge < -0.3 is 4.18 Å². The molecule has 0 fully saturated rings. The largest absolute Gasteiger partial charge is 0.534 e. The van der Waals surface area contributed by atoms with Gasteiger partial charge in [-0.05, 0) is 37.0 Å². The molecule has 0 bridgehead atoms. The molecule has 0 saturated heterocycles. The molecular weight excluding hydrogens is 293 g/mol. The van der Waals surface area contributed by atoms with Crippen molar-refractivity contribution in [1.29, 1.82) is 0 Å². The number of alkyl halides is 3. The van der Waals surface area contributed by atoms with Crippen LogP contribution >= 0.6 is 0 Å². The fourth-order valence-corrected chi connectivity index (χ4v) is 2.22. The average molecular weight is 310 g/mol. The molecule has 20 heavy (non-hydrogen) atoms. The number of hydrogen-bond acceptors (Lipinski definition) is 3. The molecule has 0 N–H and O–H groups in total. The predicted molar refractivity (Wildman–Crippen MR) is 70.0 cm³/mol. The maximum absolute atomic E-state index is 12.2. The standard InChI is InChI=1S/C13H17F3O3S/c1-3-4-5-6-11-7-8-12(10(2)9-11)19-20(17,18)13(14,15)16/h7-9H,3-6H2,1-2H3. The van der Waals surface area contributed by atoms with Gasteiger partial charge in [-0.2, -0.15) is 21.6 Å². The lowest BCUT2D eigenvalue weighted by molar-refractivity contribution is -0.0500. The maximum atomic E-state index is 12.2. The molecule has 0 atom stereocenters. The van der Waals surface area contributed by atoms with Gasteiger partial charge in [-0.25, -0.2) is 0 Å². The van der Waals surface area contributed by atoms with Gasteiger partial charge in [0.25, 0.3) is 0 Å². The smallest absolute Gasteiger partial charge is 0.376 e. The van der Waals surface area contributed by atoms with E-state index in [2.05, 4.69) is 11.1 Å². The summed E-state index contributed by atoms with van der Waals surface area (Å²) in [6.45, 7) is 3.59. The van der Waals surface area contributed by atoms with Crippen LogP contribution in [0, 0.1) is 6.92 Å². The van der Waals surface area contributed by atoms with Crippen LogP contribution in [-0.4, -0.2) is 13.9 Å². The Morgan fingerprint density at radius 3 is 2.35 bits per heavy atom. The summed E-state index contributed by atoms with van der Waals surface area (Å²) in [6.07, 6.45) is 3.93. The molecule has 114 valence electrons.